The van der Waals surface area contributed by atoms with Gasteiger partial charge in [0, 0.05) is 12.4 Å². The van der Waals surface area contributed by atoms with Crippen LogP contribution in [0.25, 0.3) is 0 Å². The highest BCUT2D eigenvalue weighted by Crippen LogP contribution is 2.06. The lowest BCUT2D eigenvalue weighted by Gasteiger charge is -2.01. The van der Waals surface area contributed by atoms with Crippen LogP contribution < -0.4 is 0 Å². The lowest BCUT2D eigenvalue weighted by molar-refractivity contribution is 0.321. The second kappa shape index (κ2) is 7.20. The van der Waals surface area contributed by atoms with E-state index in [1.165, 1.54) is 11.8 Å². The van der Waals surface area contributed by atoms with E-state index in [9.17, 15) is 0 Å². The number of hydrogen-bond acceptors (Lipinski definition) is 5. The Bertz CT molecular complexity index is 511. The second-order valence-electron chi connectivity index (χ2n) is 4.26. The average Bonchev–Trinajstić information content (AvgIpc) is 2.47. The zero-order valence-electron chi connectivity index (χ0n) is 10.6. The zero-order valence-corrected chi connectivity index (χ0v) is 10.6. The first-order valence-corrected chi connectivity index (χ1v) is 6.27. The molecule has 0 aliphatic rings. The number of rotatable bonds is 6. The summed E-state index contributed by atoms with van der Waals surface area (Å²) < 4.78 is 0. The van der Waals surface area contributed by atoms with E-state index in [2.05, 4.69) is 26.4 Å². The molecule has 1 N–H and O–H groups in total. The monoisotopic (exact) mass is 256 g/mol. The Hall–Kier alpha value is -2.30. The lowest BCUT2D eigenvalue weighted by Crippen LogP contribution is -1.97. The summed E-state index contributed by atoms with van der Waals surface area (Å²) in [4.78, 5) is 4.09. The lowest BCUT2D eigenvalue weighted by atomic mass is 10.1. The summed E-state index contributed by atoms with van der Waals surface area (Å²) in [6, 6.07) is 7.76. The maximum absolute atomic E-state index is 8.37. The van der Waals surface area contributed by atoms with Gasteiger partial charge in [0.2, 0.25) is 0 Å². The van der Waals surface area contributed by atoms with Crippen molar-refractivity contribution in [2.75, 3.05) is 0 Å². The molecule has 98 valence electrons. The molecule has 0 saturated heterocycles. The van der Waals surface area contributed by atoms with Gasteiger partial charge >= 0.3 is 0 Å². The van der Waals surface area contributed by atoms with Crippen molar-refractivity contribution in [3.05, 3.63) is 53.6 Å². The van der Waals surface area contributed by atoms with Gasteiger partial charge in [0.1, 0.15) is 5.69 Å². The van der Waals surface area contributed by atoms with Gasteiger partial charge < -0.3 is 5.21 Å². The van der Waals surface area contributed by atoms with Crippen molar-refractivity contribution >= 4 is 6.21 Å². The normalized spacial score (nSPS) is 10.9. The van der Waals surface area contributed by atoms with E-state index in [0.717, 1.165) is 31.4 Å². The molecule has 2 heterocycles. The average molecular weight is 256 g/mol. The van der Waals surface area contributed by atoms with Crippen LogP contribution in [0.15, 0.2) is 41.8 Å². The van der Waals surface area contributed by atoms with Crippen LogP contribution in [-0.4, -0.2) is 26.6 Å². The molecule has 0 atom stereocenters. The first-order valence-electron chi connectivity index (χ1n) is 6.27. The molecule has 0 unspecified atom stereocenters. The molecule has 5 nitrogen and oxygen atoms in total. The van der Waals surface area contributed by atoms with Crippen molar-refractivity contribution in [1.82, 2.24) is 15.2 Å². The fourth-order valence-electron chi connectivity index (χ4n) is 1.81. The molecular formula is C14H16N4O. The maximum Gasteiger partial charge on any atom is 0.107 e. The standard InChI is InChI=1S/C14H16N4O/c19-16-11-14-8-7-13(17-18-14)6-2-1-4-12-5-3-9-15-10-12/h3,5,7-11,19H,1-2,4,6H2/b16-11-. The first kappa shape index (κ1) is 13.1. The Morgan fingerprint density at radius 3 is 2.68 bits per heavy atom. The molecule has 5 heteroatoms. The van der Waals surface area contributed by atoms with Gasteiger partial charge in [-0.25, -0.2) is 0 Å². The number of aromatic nitrogens is 3. The van der Waals surface area contributed by atoms with Crippen molar-refractivity contribution < 1.29 is 5.21 Å². The highest BCUT2D eigenvalue weighted by Gasteiger charge is 1.98. The number of oxime groups is 1. The Morgan fingerprint density at radius 1 is 1.11 bits per heavy atom. The van der Waals surface area contributed by atoms with E-state index < -0.39 is 0 Å². The zero-order chi connectivity index (χ0) is 13.3. The Kier molecular flexibility index (Phi) is 4.98. The van der Waals surface area contributed by atoms with Crippen LogP contribution in [0, 0.1) is 0 Å². The van der Waals surface area contributed by atoms with Crippen LogP contribution in [-0.2, 0) is 12.8 Å². The van der Waals surface area contributed by atoms with Crippen LogP contribution >= 0.6 is 0 Å². The van der Waals surface area contributed by atoms with Crippen molar-refractivity contribution in [3.8, 4) is 0 Å². The van der Waals surface area contributed by atoms with Crippen molar-refractivity contribution in [3.63, 3.8) is 0 Å². The number of pyridine rings is 1. The van der Waals surface area contributed by atoms with Crippen LogP contribution in [0.3, 0.4) is 0 Å². The van der Waals surface area contributed by atoms with E-state index in [1.54, 1.807) is 12.3 Å². The molecule has 0 aliphatic heterocycles. The molecule has 2 aromatic rings. The molecule has 0 aliphatic carbocycles. The minimum Gasteiger partial charge on any atom is -0.411 e. The van der Waals surface area contributed by atoms with Gasteiger partial charge in [-0.1, -0.05) is 11.2 Å². The second-order valence-corrected chi connectivity index (χ2v) is 4.26. The van der Waals surface area contributed by atoms with Gasteiger partial charge in [-0.3, -0.25) is 4.98 Å². The summed E-state index contributed by atoms with van der Waals surface area (Å²) in [5.41, 5.74) is 2.78. The van der Waals surface area contributed by atoms with Gasteiger partial charge in [-0.05, 0) is 49.4 Å². The third-order valence-corrected chi connectivity index (χ3v) is 2.80. The summed E-state index contributed by atoms with van der Waals surface area (Å²) >= 11 is 0. The molecule has 0 spiro atoms. The third kappa shape index (κ3) is 4.46. The highest BCUT2D eigenvalue weighted by molar-refractivity contribution is 5.75. The van der Waals surface area contributed by atoms with Crippen LogP contribution in [0.1, 0.15) is 29.8 Å². The molecular weight excluding hydrogens is 240 g/mol. The van der Waals surface area contributed by atoms with E-state index in [0.29, 0.717) is 5.69 Å². The molecule has 0 bridgehead atoms. The van der Waals surface area contributed by atoms with Gasteiger partial charge in [-0.2, -0.15) is 5.10 Å². The van der Waals surface area contributed by atoms with Crippen LogP contribution in [0.4, 0.5) is 0 Å². The summed E-state index contributed by atoms with van der Waals surface area (Å²) in [5, 5.41) is 19.3. The maximum atomic E-state index is 8.37. The predicted molar refractivity (Wildman–Crippen MR) is 72.3 cm³/mol. The van der Waals surface area contributed by atoms with Gasteiger partial charge in [0.25, 0.3) is 0 Å². The summed E-state index contributed by atoms with van der Waals surface area (Å²) in [6.45, 7) is 0. The molecule has 2 aromatic heterocycles. The predicted octanol–water partition coefficient (Wildman–Crippen LogP) is 2.25. The van der Waals surface area contributed by atoms with Gasteiger partial charge in [-0.15, -0.1) is 5.10 Å². The molecule has 0 radical (unpaired) electrons. The number of hydrogen-bond donors (Lipinski definition) is 1. The molecule has 19 heavy (non-hydrogen) atoms. The molecule has 2 rings (SSSR count). The first-order chi connectivity index (χ1) is 9.38. The highest BCUT2D eigenvalue weighted by atomic mass is 16.4. The summed E-state index contributed by atoms with van der Waals surface area (Å²) in [6.07, 6.45) is 9.07. The third-order valence-electron chi connectivity index (χ3n) is 2.80. The molecule has 0 saturated carbocycles. The van der Waals surface area contributed by atoms with Crippen LogP contribution in [0.5, 0.6) is 0 Å². The SMILES string of the molecule is O/N=C\c1ccc(CCCCc2cccnc2)nn1. The van der Waals surface area contributed by atoms with E-state index in [4.69, 9.17) is 5.21 Å². The molecule has 0 amide bonds. The summed E-state index contributed by atoms with van der Waals surface area (Å²) in [7, 11) is 0. The largest absolute Gasteiger partial charge is 0.411 e. The van der Waals surface area contributed by atoms with Gasteiger partial charge in [0.05, 0.1) is 11.9 Å². The Labute approximate surface area is 112 Å². The van der Waals surface area contributed by atoms with Crippen molar-refractivity contribution in [2.45, 2.75) is 25.7 Å². The van der Waals surface area contributed by atoms with Crippen molar-refractivity contribution in [1.29, 1.82) is 0 Å². The molecule has 0 fully saturated rings. The minimum absolute atomic E-state index is 0.557. The van der Waals surface area contributed by atoms with Crippen molar-refractivity contribution in [2.24, 2.45) is 5.16 Å². The molecule has 0 aromatic carbocycles. The fourth-order valence-corrected chi connectivity index (χ4v) is 1.81. The summed E-state index contributed by atoms with van der Waals surface area (Å²) in [5.74, 6) is 0. The van der Waals surface area contributed by atoms with E-state index in [1.807, 2.05) is 18.3 Å². The smallest absolute Gasteiger partial charge is 0.107 e. The Balaban J connectivity index is 1.73. The topological polar surface area (TPSA) is 71.3 Å². The van der Waals surface area contributed by atoms with E-state index >= 15 is 0 Å². The fraction of sp³-hybridized carbons (Fsp3) is 0.286. The van der Waals surface area contributed by atoms with E-state index in [-0.39, 0.29) is 0 Å². The minimum atomic E-state index is 0.557. The van der Waals surface area contributed by atoms with Gasteiger partial charge in [0.15, 0.2) is 0 Å². The quantitative estimate of drug-likeness (QED) is 0.372. The number of nitrogens with zero attached hydrogens (tertiary/aromatic N) is 4. The van der Waals surface area contributed by atoms with Crippen LogP contribution in [0.2, 0.25) is 0 Å². The number of unbranched alkanes of at least 4 members (excludes halogenated alkanes) is 1. The Morgan fingerprint density at radius 2 is 2.00 bits per heavy atom. The number of aryl methyl sites for hydroxylation is 2.